The molecule has 2 fully saturated rings. The molecule has 1 unspecified atom stereocenters. The molecule has 10 heavy (non-hydrogen) atoms. The summed E-state index contributed by atoms with van der Waals surface area (Å²) in [5.74, 6) is 0.621. The van der Waals surface area contributed by atoms with Crippen LogP contribution >= 0.6 is 0 Å². The summed E-state index contributed by atoms with van der Waals surface area (Å²) < 4.78 is 11.0. The van der Waals surface area contributed by atoms with Crippen LogP contribution in [-0.2, 0) is 9.47 Å². The summed E-state index contributed by atoms with van der Waals surface area (Å²) in [6.07, 6.45) is 3.65. The van der Waals surface area contributed by atoms with E-state index in [-0.39, 0.29) is 5.79 Å². The minimum Gasteiger partial charge on any atom is -0.347 e. The average Bonchev–Trinajstić information content (AvgIpc) is 2.43. The van der Waals surface area contributed by atoms with Gasteiger partial charge in [0.15, 0.2) is 5.79 Å². The summed E-state index contributed by atoms with van der Waals surface area (Å²) in [6.45, 7) is 3.82. The first-order valence-corrected chi connectivity index (χ1v) is 4.15. The summed E-state index contributed by atoms with van der Waals surface area (Å²) in [5, 5.41) is 0. The summed E-state index contributed by atoms with van der Waals surface area (Å²) in [6, 6.07) is 0. The van der Waals surface area contributed by atoms with Gasteiger partial charge in [-0.2, -0.15) is 0 Å². The topological polar surface area (TPSA) is 18.5 Å². The van der Waals surface area contributed by atoms with Crippen molar-refractivity contribution in [3.05, 3.63) is 0 Å². The van der Waals surface area contributed by atoms with Crippen molar-refractivity contribution >= 4 is 0 Å². The van der Waals surface area contributed by atoms with E-state index < -0.39 is 0 Å². The molecule has 2 nitrogen and oxygen atoms in total. The molecule has 0 aromatic heterocycles. The molecule has 2 heteroatoms. The Bertz CT molecular complexity index is 127. The molecule has 0 N–H and O–H groups in total. The minimum absolute atomic E-state index is 0.0873. The zero-order chi connectivity index (χ0) is 7.03. The second kappa shape index (κ2) is 2.21. The molecule has 1 atom stereocenters. The number of hydrogen-bond acceptors (Lipinski definition) is 2. The van der Waals surface area contributed by atoms with Gasteiger partial charge in [-0.05, 0) is 6.42 Å². The van der Waals surface area contributed by atoms with E-state index in [1.807, 2.05) is 0 Å². The Kier molecular flexibility index (Phi) is 1.46. The van der Waals surface area contributed by atoms with E-state index in [4.69, 9.17) is 9.47 Å². The first kappa shape index (κ1) is 6.62. The summed E-state index contributed by atoms with van der Waals surface area (Å²) in [4.78, 5) is 0. The van der Waals surface area contributed by atoms with Gasteiger partial charge in [0.05, 0.1) is 13.2 Å². The van der Waals surface area contributed by atoms with Crippen LogP contribution in [0.15, 0.2) is 0 Å². The molecule has 0 amide bonds. The van der Waals surface area contributed by atoms with E-state index in [2.05, 4.69) is 6.92 Å². The smallest absolute Gasteiger partial charge is 0.171 e. The standard InChI is InChI=1S/C8H14O2/c1-2-3-7-6-8(7)9-4-5-10-8/h7H,2-6H2,1H3. The fourth-order valence-corrected chi connectivity index (χ4v) is 1.78. The highest BCUT2D eigenvalue weighted by atomic mass is 16.7. The minimum atomic E-state index is -0.0873. The van der Waals surface area contributed by atoms with Crippen molar-refractivity contribution in [1.82, 2.24) is 0 Å². The largest absolute Gasteiger partial charge is 0.347 e. The first-order valence-electron chi connectivity index (χ1n) is 4.15. The lowest BCUT2D eigenvalue weighted by Crippen LogP contribution is -2.11. The summed E-state index contributed by atoms with van der Waals surface area (Å²) in [7, 11) is 0. The fourth-order valence-electron chi connectivity index (χ4n) is 1.78. The van der Waals surface area contributed by atoms with Gasteiger partial charge in [0, 0.05) is 12.3 Å². The maximum Gasteiger partial charge on any atom is 0.171 e. The number of ether oxygens (including phenoxy) is 2. The lowest BCUT2D eigenvalue weighted by atomic mass is 10.2. The third-order valence-corrected chi connectivity index (χ3v) is 2.41. The molecule has 0 aromatic carbocycles. The van der Waals surface area contributed by atoms with Crippen molar-refractivity contribution in [2.45, 2.75) is 32.0 Å². The lowest BCUT2D eigenvalue weighted by Gasteiger charge is -2.06. The van der Waals surface area contributed by atoms with Crippen LogP contribution in [0.25, 0.3) is 0 Å². The monoisotopic (exact) mass is 142 g/mol. The molecule has 0 radical (unpaired) electrons. The van der Waals surface area contributed by atoms with Crippen LogP contribution in [0.5, 0.6) is 0 Å². The second-order valence-corrected chi connectivity index (χ2v) is 3.20. The van der Waals surface area contributed by atoms with Gasteiger partial charge in [-0.1, -0.05) is 13.3 Å². The van der Waals surface area contributed by atoms with Crippen LogP contribution in [0.3, 0.4) is 0 Å². The van der Waals surface area contributed by atoms with Crippen LogP contribution < -0.4 is 0 Å². The Labute approximate surface area is 61.5 Å². The predicted molar refractivity (Wildman–Crippen MR) is 37.6 cm³/mol. The molecular weight excluding hydrogens is 128 g/mol. The van der Waals surface area contributed by atoms with Crippen LogP contribution in [-0.4, -0.2) is 19.0 Å². The van der Waals surface area contributed by atoms with Gasteiger partial charge in [0.1, 0.15) is 0 Å². The SMILES string of the molecule is CCCC1CC12OCCO2. The van der Waals surface area contributed by atoms with E-state index in [1.54, 1.807) is 0 Å². The Morgan fingerprint density at radius 1 is 1.40 bits per heavy atom. The first-order chi connectivity index (χ1) is 4.87. The molecule has 1 aliphatic heterocycles. The third kappa shape index (κ3) is 0.867. The molecule has 2 aliphatic rings. The average molecular weight is 142 g/mol. The van der Waals surface area contributed by atoms with Gasteiger partial charge in [0.2, 0.25) is 0 Å². The Balaban J connectivity index is 1.86. The van der Waals surface area contributed by atoms with Gasteiger partial charge in [-0.25, -0.2) is 0 Å². The van der Waals surface area contributed by atoms with Gasteiger partial charge in [0.25, 0.3) is 0 Å². The van der Waals surface area contributed by atoms with Crippen molar-refractivity contribution in [1.29, 1.82) is 0 Å². The van der Waals surface area contributed by atoms with Crippen LogP contribution in [0.2, 0.25) is 0 Å². The highest BCUT2D eigenvalue weighted by Gasteiger charge is 2.58. The van der Waals surface area contributed by atoms with Crippen molar-refractivity contribution < 1.29 is 9.47 Å². The van der Waals surface area contributed by atoms with Crippen molar-refractivity contribution in [2.75, 3.05) is 13.2 Å². The zero-order valence-corrected chi connectivity index (χ0v) is 6.43. The van der Waals surface area contributed by atoms with E-state index in [9.17, 15) is 0 Å². The highest BCUT2D eigenvalue weighted by molar-refractivity contribution is 4.98. The highest BCUT2D eigenvalue weighted by Crippen LogP contribution is 2.52. The van der Waals surface area contributed by atoms with Gasteiger partial charge < -0.3 is 9.47 Å². The maximum atomic E-state index is 5.49. The van der Waals surface area contributed by atoms with Crippen molar-refractivity contribution in [2.24, 2.45) is 5.92 Å². The Morgan fingerprint density at radius 2 is 2.10 bits per heavy atom. The zero-order valence-electron chi connectivity index (χ0n) is 6.43. The number of hydrogen-bond donors (Lipinski definition) is 0. The van der Waals surface area contributed by atoms with Crippen LogP contribution in [0.1, 0.15) is 26.2 Å². The fraction of sp³-hybridized carbons (Fsp3) is 1.00. The molecule has 1 spiro atoms. The summed E-state index contributed by atoms with van der Waals surface area (Å²) in [5.41, 5.74) is 0. The van der Waals surface area contributed by atoms with Gasteiger partial charge >= 0.3 is 0 Å². The molecule has 0 bridgehead atoms. The lowest BCUT2D eigenvalue weighted by molar-refractivity contribution is -0.0829. The van der Waals surface area contributed by atoms with E-state index in [1.165, 1.54) is 12.8 Å². The van der Waals surface area contributed by atoms with Gasteiger partial charge in [-0.3, -0.25) is 0 Å². The van der Waals surface area contributed by atoms with Gasteiger partial charge in [-0.15, -0.1) is 0 Å². The third-order valence-electron chi connectivity index (χ3n) is 2.41. The molecule has 1 saturated heterocycles. The van der Waals surface area contributed by atoms with E-state index in [0.29, 0.717) is 5.92 Å². The van der Waals surface area contributed by atoms with Crippen molar-refractivity contribution in [3.63, 3.8) is 0 Å². The number of rotatable bonds is 2. The molecule has 1 saturated carbocycles. The molecule has 1 aliphatic carbocycles. The second-order valence-electron chi connectivity index (χ2n) is 3.20. The quantitative estimate of drug-likeness (QED) is 0.582. The molecule has 0 aromatic rings. The Hall–Kier alpha value is -0.0800. The predicted octanol–water partition coefficient (Wildman–Crippen LogP) is 1.55. The maximum absolute atomic E-state index is 5.49. The molecule has 58 valence electrons. The summed E-state index contributed by atoms with van der Waals surface area (Å²) >= 11 is 0. The Morgan fingerprint density at radius 3 is 2.70 bits per heavy atom. The molecule has 1 heterocycles. The van der Waals surface area contributed by atoms with E-state index in [0.717, 1.165) is 19.6 Å². The molecule has 2 rings (SSSR count). The molecular formula is C8H14O2. The van der Waals surface area contributed by atoms with Crippen LogP contribution in [0, 0.1) is 5.92 Å². The van der Waals surface area contributed by atoms with Crippen LogP contribution in [0.4, 0.5) is 0 Å². The van der Waals surface area contributed by atoms with E-state index >= 15 is 0 Å². The van der Waals surface area contributed by atoms with Crippen molar-refractivity contribution in [3.8, 4) is 0 Å². The normalized spacial score (nSPS) is 35.1.